The zero-order valence-corrected chi connectivity index (χ0v) is 6.12. The van der Waals surface area contributed by atoms with Gasteiger partial charge in [0.25, 0.3) is 0 Å². The summed E-state index contributed by atoms with van der Waals surface area (Å²) < 4.78 is 0. The van der Waals surface area contributed by atoms with Gasteiger partial charge in [-0.3, -0.25) is 0 Å². The van der Waals surface area contributed by atoms with Gasteiger partial charge < -0.3 is 0 Å². The second-order valence-corrected chi connectivity index (χ2v) is 3.14. The third-order valence-electron chi connectivity index (χ3n) is 0.511. The largest absolute Gasteiger partial charge is 0.176 e. The Bertz CT molecular complexity index is 42.8. The zero-order valence-electron chi connectivity index (χ0n) is 3.95. The van der Waals surface area contributed by atoms with Crippen molar-refractivity contribution in [3.05, 3.63) is 12.2 Å². The molecule has 0 aromatic carbocycles. The van der Waals surface area contributed by atoms with Crippen LogP contribution in [0.4, 0.5) is 0 Å². The Morgan fingerprint density at radius 1 is 1.83 bits per heavy atom. The van der Waals surface area contributed by atoms with Gasteiger partial charge in [0.1, 0.15) is 8.83 Å². The summed E-state index contributed by atoms with van der Waals surface area (Å²) >= 11 is 5.47. The van der Waals surface area contributed by atoms with Crippen LogP contribution in [0, 0.1) is 0 Å². The summed E-state index contributed by atoms with van der Waals surface area (Å²) in [6.07, 6.45) is 4.15. The van der Waals surface area contributed by atoms with E-state index < -0.39 is 0 Å². The van der Waals surface area contributed by atoms with E-state index in [1.165, 1.54) is 0 Å². The van der Waals surface area contributed by atoms with Crippen LogP contribution in [-0.4, -0.2) is 8.83 Å². The maximum absolute atomic E-state index is 5.47. The second kappa shape index (κ2) is 5.25. The number of hydrogen-bond acceptors (Lipinski definition) is 0. The van der Waals surface area contributed by atoms with Gasteiger partial charge in [-0.2, -0.15) is 11.1 Å². The SMILES string of the molecule is CC=CC[SiH2]Cl. The molecule has 0 aliphatic carbocycles. The van der Waals surface area contributed by atoms with Crippen LogP contribution in [0.15, 0.2) is 12.2 Å². The first kappa shape index (κ1) is 6.25. The molecule has 0 heterocycles. The Labute approximate surface area is 45.7 Å². The molecule has 0 saturated carbocycles. The summed E-state index contributed by atoms with van der Waals surface area (Å²) in [5, 5.41) is 0. The van der Waals surface area contributed by atoms with Gasteiger partial charge in [0.2, 0.25) is 0 Å². The molecule has 0 nitrogen and oxygen atoms in total. The molecule has 0 aromatic heterocycles. The van der Waals surface area contributed by atoms with Crippen LogP contribution < -0.4 is 0 Å². The lowest BCUT2D eigenvalue weighted by atomic mass is 10.6. The maximum atomic E-state index is 5.47. The molecular weight excluding hydrogens is 112 g/mol. The normalized spacial score (nSPS) is 12.3. The average Bonchev–Trinajstić information content (AvgIpc) is 1.61. The fourth-order valence-electron chi connectivity index (χ4n) is 0.230. The Kier molecular flexibility index (Phi) is 5.46. The fourth-order valence-corrected chi connectivity index (χ4v) is 1.07. The summed E-state index contributed by atoms with van der Waals surface area (Å²) in [4.78, 5) is 0. The maximum Gasteiger partial charge on any atom is 0.129 e. The van der Waals surface area contributed by atoms with Crippen LogP contribution in [-0.2, 0) is 0 Å². The molecule has 0 aliphatic rings. The molecule has 0 unspecified atom stereocenters. The van der Waals surface area contributed by atoms with Gasteiger partial charge in [-0.1, -0.05) is 12.2 Å². The molecule has 6 heavy (non-hydrogen) atoms. The van der Waals surface area contributed by atoms with Crippen molar-refractivity contribution in [1.29, 1.82) is 0 Å². The molecule has 0 fully saturated rings. The van der Waals surface area contributed by atoms with Crippen molar-refractivity contribution < 1.29 is 0 Å². The van der Waals surface area contributed by atoms with Crippen molar-refractivity contribution >= 4 is 19.9 Å². The Balaban J connectivity index is 2.66. The van der Waals surface area contributed by atoms with E-state index >= 15 is 0 Å². The van der Waals surface area contributed by atoms with Crippen molar-refractivity contribution in [2.24, 2.45) is 0 Å². The Morgan fingerprint density at radius 3 is 2.67 bits per heavy atom. The molecule has 0 amide bonds. The predicted octanol–water partition coefficient (Wildman–Crippen LogP) is 1.30. The smallest absolute Gasteiger partial charge is 0.129 e. The van der Waals surface area contributed by atoms with E-state index in [0.29, 0.717) is 0 Å². The van der Waals surface area contributed by atoms with Gasteiger partial charge >= 0.3 is 0 Å². The highest BCUT2D eigenvalue weighted by Crippen LogP contribution is 1.82. The molecule has 0 spiro atoms. The molecule has 0 N–H and O–H groups in total. The summed E-state index contributed by atoms with van der Waals surface area (Å²) in [6, 6.07) is 1.14. The summed E-state index contributed by atoms with van der Waals surface area (Å²) in [6.45, 7) is 2.01. The van der Waals surface area contributed by atoms with E-state index in [4.69, 9.17) is 11.1 Å². The minimum absolute atomic E-state index is 0.212. The Morgan fingerprint density at radius 2 is 2.50 bits per heavy atom. The lowest BCUT2D eigenvalue weighted by Crippen LogP contribution is -1.66. The van der Waals surface area contributed by atoms with Gasteiger partial charge in [-0.05, 0) is 13.0 Å². The number of halogens is 1. The van der Waals surface area contributed by atoms with Crippen molar-refractivity contribution in [1.82, 2.24) is 0 Å². The third kappa shape index (κ3) is 4.25. The van der Waals surface area contributed by atoms with Crippen LogP contribution in [0.2, 0.25) is 6.04 Å². The highest BCUT2D eigenvalue weighted by atomic mass is 35.6. The van der Waals surface area contributed by atoms with Gasteiger partial charge in [-0.25, -0.2) is 0 Å². The van der Waals surface area contributed by atoms with Crippen molar-refractivity contribution in [2.75, 3.05) is 0 Å². The van der Waals surface area contributed by atoms with Crippen molar-refractivity contribution in [3.8, 4) is 0 Å². The molecule has 0 rings (SSSR count). The molecular formula is C4H9ClSi. The quantitative estimate of drug-likeness (QED) is 0.293. The van der Waals surface area contributed by atoms with E-state index in [1.807, 2.05) is 13.0 Å². The van der Waals surface area contributed by atoms with Crippen LogP contribution in [0.1, 0.15) is 6.92 Å². The summed E-state index contributed by atoms with van der Waals surface area (Å²) in [5.74, 6) is 0. The number of hydrogen-bond donors (Lipinski definition) is 0. The lowest BCUT2D eigenvalue weighted by Gasteiger charge is -1.72. The summed E-state index contributed by atoms with van der Waals surface area (Å²) in [5.41, 5.74) is 0. The average molecular weight is 121 g/mol. The molecule has 0 saturated heterocycles. The van der Waals surface area contributed by atoms with Gasteiger partial charge in [0.15, 0.2) is 0 Å². The Hall–Kier alpha value is 0.247. The monoisotopic (exact) mass is 120 g/mol. The fraction of sp³-hybridized carbons (Fsp3) is 0.500. The van der Waals surface area contributed by atoms with E-state index in [9.17, 15) is 0 Å². The zero-order chi connectivity index (χ0) is 4.83. The van der Waals surface area contributed by atoms with E-state index in [1.54, 1.807) is 0 Å². The standard InChI is InChI=1S/C4H9ClSi/c1-2-3-4-6-5/h2-3H,4,6H2,1H3. The molecule has 0 bridgehead atoms. The topological polar surface area (TPSA) is 0 Å². The summed E-state index contributed by atoms with van der Waals surface area (Å²) in [7, 11) is -0.212. The molecule has 0 aromatic rings. The van der Waals surface area contributed by atoms with Gasteiger partial charge in [-0.15, -0.1) is 0 Å². The first-order chi connectivity index (χ1) is 2.91. The second-order valence-electron chi connectivity index (χ2n) is 1.05. The predicted molar refractivity (Wildman–Crippen MR) is 34.0 cm³/mol. The minimum atomic E-state index is -0.212. The molecule has 36 valence electrons. The van der Waals surface area contributed by atoms with E-state index in [-0.39, 0.29) is 8.83 Å². The molecule has 0 aliphatic heterocycles. The van der Waals surface area contributed by atoms with E-state index in [2.05, 4.69) is 6.08 Å². The van der Waals surface area contributed by atoms with E-state index in [0.717, 1.165) is 6.04 Å². The van der Waals surface area contributed by atoms with Crippen LogP contribution in [0.3, 0.4) is 0 Å². The molecule has 0 radical (unpaired) electrons. The van der Waals surface area contributed by atoms with Crippen LogP contribution >= 0.6 is 11.1 Å². The van der Waals surface area contributed by atoms with Gasteiger partial charge in [0.05, 0.1) is 0 Å². The third-order valence-corrected chi connectivity index (χ3v) is 1.72. The highest BCUT2D eigenvalue weighted by molar-refractivity contribution is 6.93. The van der Waals surface area contributed by atoms with Gasteiger partial charge in [0, 0.05) is 0 Å². The lowest BCUT2D eigenvalue weighted by molar-refractivity contribution is 1.62. The number of allylic oxidation sites excluding steroid dienone is 2. The molecule has 0 atom stereocenters. The molecule has 2 heteroatoms. The van der Waals surface area contributed by atoms with Crippen LogP contribution in [0.25, 0.3) is 0 Å². The minimum Gasteiger partial charge on any atom is -0.176 e. The first-order valence-corrected chi connectivity index (χ1v) is 5.22. The van der Waals surface area contributed by atoms with Crippen molar-refractivity contribution in [3.63, 3.8) is 0 Å². The number of rotatable bonds is 2. The first-order valence-electron chi connectivity index (χ1n) is 2.09. The van der Waals surface area contributed by atoms with Crippen molar-refractivity contribution in [2.45, 2.75) is 13.0 Å². The highest BCUT2D eigenvalue weighted by Gasteiger charge is 1.69. The van der Waals surface area contributed by atoms with Crippen LogP contribution in [0.5, 0.6) is 0 Å².